The van der Waals surface area contributed by atoms with Gasteiger partial charge < -0.3 is 5.32 Å². The zero-order valence-electron chi connectivity index (χ0n) is 8.49. The summed E-state index contributed by atoms with van der Waals surface area (Å²) >= 11 is 0. The van der Waals surface area contributed by atoms with Crippen LogP contribution in [0.15, 0.2) is 5.57 Å². The molecular formula is C10H14N4O. The first-order chi connectivity index (χ1) is 7.36. The summed E-state index contributed by atoms with van der Waals surface area (Å²) < 4.78 is 0. The van der Waals surface area contributed by atoms with Gasteiger partial charge in [0.25, 0.3) is 0 Å². The Morgan fingerprint density at radius 1 is 1.47 bits per heavy atom. The number of nitrogens with zero attached hydrogens (tertiary/aromatic N) is 2. The van der Waals surface area contributed by atoms with Gasteiger partial charge >= 0.3 is 0 Å². The lowest BCUT2D eigenvalue weighted by Crippen LogP contribution is -2.58. The first kappa shape index (κ1) is 10.3. The van der Waals surface area contributed by atoms with E-state index in [-0.39, 0.29) is 12.2 Å². The van der Waals surface area contributed by atoms with Crippen LogP contribution < -0.4 is 10.6 Å². The second-order valence-corrected chi connectivity index (χ2v) is 3.82. The molecule has 0 spiro atoms. The topological polar surface area (TPSA) is 68.2 Å². The van der Waals surface area contributed by atoms with Gasteiger partial charge in [-0.05, 0) is 6.42 Å². The van der Waals surface area contributed by atoms with E-state index >= 15 is 0 Å². The number of piperazine rings is 1. The Morgan fingerprint density at radius 2 is 2.33 bits per heavy atom. The third-order valence-electron chi connectivity index (χ3n) is 2.97. The SMILES string of the molecule is N#CC1C(=C=O)CCN1C1CNCCN1. The number of carbonyl (C=O) groups excluding carboxylic acids is 1. The zero-order valence-corrected chi connectivity index (χ0v) is 8.49. The lowest BCUT2D eigenvalue weighted by atomic mass is 10.1. The highest BCUT2D eigenvalue weighted by Crippen LogP contribution is 2.22. The average molecular weight is 206 g/mol. The minimum absolute atomic E-state index is 0.161. The molecule has 0 saturated carbocycles. The van der Waals surface area contributed by atoms with E-state index in [1.807, 2.05) is 10.8 Å². The minimum Gasteiger partial charge on any atom is -0.313 e. The molecular weight excluding hydrogens is 192 g/mol. The van der Waals surface area contributed by atoms with Gasteiger partial charge in [-0.15, -0.1) is 0 Å². The van der Waals surface area contributed by atoms with Crippen molar-refractivity contribution in [3.63, 3.8) is 0 Å². The molecule has 2 N–H and O–H groups in total. The number of likely N-dealkylation sites (tertiary alicyclic amines) is 1. The molecule has 0 amide bonds. The molecule has 2 heterocycles. The second-order valence-electron chi connectivity index (χ2n) is 3.82. The van der Waals surface area contributed by atoms with Gasteiger partial charge in [-0.3, -0.25) is 10.2 Å². The summed E-state index contributed by atoms with van der Waals surface area (Å²) in [4.78, 5) is 12.7. The van der Waals surface area contributed by atoms with Gasteiger partial charge in [0.15, 0.2) is 0 Å². The summed E-state index contributed by atoms with van der Waals surface area (Å²) in [6, 6.07) is 1.78. The van der Waals surface area contributed by atoms with E-state index in [0.29, 0.717) is 12.0 Å². The van der Waals surface area contributed by atoms with Crippen molar-refractivity contribution >= 4 is 5.94 Å². The highest BCUT2D eigenvalue weighted by molar-refractivity contribution is 5.57. The van der Waals surface area contributed by atoms with E-state index in [1.165, 1.54) is 0 Å². The molecule has 2 unspecified atom stereocenters. The predicted molar refractivity (Wildman–Crippen MR) is 54.6 cm³/mol. The highest BCUT2D eigenvalue weighted by atomic mass is 16.1. The van der Waals surface area contributed by atoms with Gasteiger partial charge in [-0.2, -0.15) is 5.26 Å². The Bertz CT molecular complexity index is 323. The Balaban J connectivity index is 2.09. The van der Waals surface area contributed by atoms with Crippen molar-refractivity contribution in [1.29, 1.82) is 5.26 Å². The van der Waals surface area contributed by atoms with Crippen molar-refractivity contribution in [2.45, 2.75) is 18.6 Å². The number of nitrogens with one attached hydrogen (secondary N) is 2. The number of rotatable bonds is 1. The quantitative estimate of drug-likeness (QED) is 0.531. The number of hydrogen-bond acceptors (Lipinski definition) is 5. The lowest BCUT2D eigenvalue weighted by Gasteiger charge is -2.33. The summed E-state index contributed by atoms with van der Waals surface area (Å²) in [6.45, 7) is 3.45. The molecule has 2 fully saturated rings. The maximum atomic E-state index is 10.6. The van der Waals surface area contributed by atoms with Crippen LogP contribution in [0.25, 0.3) is 0 Å². The molecule has 0 aromatic rings. The van der Waals surface area contributed by atoms with Crippen molar-refractivity contribution in [1.82, 2.24) is 15.5 Å². The molecule has 2 aliphatic rings. The van der Waals surface area contributed by atoms with Crippen LogP contribution in [0.4, 0.5) is 0 Å². The normalized spacial score (nSPS) is 32.3. The Kier molecular flexibility index (Phi) is 3.14. The maximum absolute atomic E-state index is 10.6. The van der Waals surface area contributed by atoms with Crippen molar-refractivity contribution in [3.8, 4) is 6.07 Å². The van der Waals surface area contributed by atoms with Crippen LogP contribution in [0.1, 0.15) is 6.42 Å². The molecule has 15 heavy (non-hydrogen) atoms. The molecule has 5 nitrogen and oxygen atoms in total. The molecule has 2 rings (SSSR count). The first-order valence-electron chi connectivity index (χ1n) is 5.20. The molecule has 2 saturated heterocycles. The van der Waals surface area contributed by atoms with Gasteiger partial charge in [0, 0.05) is 31.8 Å². The van der Waals surface area contributed by atoms with Gasteiger partial charge in [-0.1, -0.05) is 0 Å². The highest BCUT2D eigenvalue weighted by Gasteiger charge is 2.35. The van der Waals surface area contributed by atoms with E-state index in [2.05, 4.69) is 16.7 Å². The third kappa shape index (κ3) is 1.94. The standard InChI is InChI=1S/C10H14N4O/c11-5-9-8(7-15)1-4-14(9)10-6-12-2-3-13-10/h9-10,12-13H,1-4,6H2. The van der Waals surface area contributed by atoms with E-state index in [0.717, 1.165) is 26.2 Å². The molecule has 5 heteroatoms. The van der Waals surface area contributed by atoms with Crippen LogP contribution in [0.5, 0.6) is 0 Å². The van der Waals surface area contributed by atoms with Crippen LogP contribution in [-0.4, -0.2) is 49.2 Å². The fourth-order valence-electron chi connectivity index (χ4n) is 2.18. The van der Waals surface area contributed by atoms with Crippen LogP contribution in [0, 0.1) is 11.3 Å². The number of hydrogen-bond donors (Lipinski definition) is 2. The Labute approximate surface area is 88.7 Å². The summed E-state index contributed by atoms with van der Waals surface area (Å²) in [5.74, 6) is 1.89. The molecule has 0 bridgehead atoms. The van der Waals surface area contributed by atoms with E-state index in [9.17, 15) is 4.79 Å². The van der Waals surface area contributed by atoms with Gasteiger partial charge in [0.2, 0.25) is 0 Å². The smallest absolute Gasteiger partial charge is 0.131 e. The van der Waals surface area contributed by atoms with Crippen LogP contribution in [0.3, 0.4) is 0 Å². The van der Waals surface area contributed by atoms with Crippen LogP contribution in [-0.2, 0) is 4.79 Å². The summed E-state index contributed by atoms with van der Waals surface area (Å²) in [6.07, 6.45) is 0.828. The maximum Gasteiger partial charge on any atom is 0.131 e. The fraction of sp³-hybridized carbons (Fsp3) is 0.700. The van der Waals surface area contributed by atoms with Crippen molar-refractivity contribution in [2.24, 2.45) is 0 Å². The molecule has 2 aliphatic heterocycles. The van der Waals surface area contributed by atoms with E-state index in [1.54, 1.807) is 0 Å². The van der Waals surface area contributed by atoms with E-state index < -0.39 is 0 Å². The third-order valence-corrected chi connectivity index (χ3v) is 2.97. The van der Waals surface area contributed by atoms with Crippen molar-refractivity contribution in [2.75, 3.05) is 26.2 Å². The Morgan fingerprint density at radius 3 is 2.93 bits per heavy atom. The predicted octanol–water partition coefficient (Wildman–Crippen LogP) is -1.14. The average Bonchev–Trinajstić information content (AvgIpc) is 2.72. The largest absolute Gasteiger partial charge is 0.313 e. The zero-order chi connectivity index (χ0) is 10.7. The summed E-state index contributed by atoms with van der Waals surface area (Å²) in [5, 5.41) is 15.6. The van der Waals surface area contributed by atoms with Crippen LogP contribution in [0.2, 0.25) is 0 Å². The molecule has 80 valence electrons. The molecule has 2 atom stereocenters. The Hall–Kier alpha value is -1.18. The minimum atomic E-state index is -0.389. The van der Waals surface area contributed by atoms with Gasteiger partial charge in [0.05, 0.1) is 12.2 Å². The first-order valence-corrected chi connectivity index (χ1v) is 5.20. The summed E-state index contributed by atoms with van der Waals surface area (Å²) in [5.41, 5.74) is 0.588. The van der Waals surface area contributed by atoms with Gasteiger partial charge in [0.1, 0.15) is 12.0 Å². The van der Waals surface area contributed by atoms with E-state index in [4.69, 9.17) is 5.26 Å². The number of nitriles is 1. The molecule has 0 radical (unpaired) electrons. The second kappa shape index (κ2) is 4.56. The van der Waals surface area contributed by atoms with Gasteiger partial charge in [-0.25, -0.2) is 4.79 Å². The monoisotopic (exact) mass is 206 g/mol. The molecule has 0 aliphatic carbocycles. The molecule has 0 aromatic heterocycles. The van der Waals surface area contributed by atoms with Crippen molar-refractivity contribution < 1.29 is 4.79 Å². The lowest BCUT2D eigenvalue weighted by molar-refractivity contribution is 0.162. The summed E-state index contributed by atoms with van der Waals surface area (Å²) in [7, 11) is 0. The fourth-order valence-corrected chi connectivity index (χ4v) is 2.18. The van der Waals surface area contributed by atoms with Crippen molar-refractivity contribution in [3.05, 3.63) is 5.57 Å². The van der Waals surface area contributed by atoms with Crippen LogP contribution >= 0.6 is 0 Å². The molecule has 0 aromatic carbocycles.